The maximum absolute atomic E-state index is 6.46. The van der Waals surface area contributed by atoms with Gasteiger partial charge in [0.05, 0.1) is 22.4 Å². The second-order valence-corrected chi connectivity index (χ2v) is 7.43. The summed E-state index contributed by atoms with van der Waals surface area (Å²) in [5.74, 6) is 11.6. The molecular weight excluding hydrogens is 356 g/mol. The van der Waals surface area contributed by atoms with Crippen molar-refractivity contribution in [3.8, 4) is 0 Å². The van der Waals surface area contributed by atoms with Gasteiger partial charge in [0.1, 0.15) is 6.17 Å². The van der Waals surface area contributed by atoms with Gasteiger partial charge in [0.2, 0.25) is 0 Å². The highest BCUT2D eigenvalue weighted by atomic mass is 35.5. The van der Waals surface area contributed by atoms with Crippen molar-refractivity contribution in [3.05, 3.63) is 51.5 Å². The van der Waals surface area contributed by atoms with E-state index in [1.54, 1.807) is 23.2 Å². The molecule has 2 aliphatic rings. The van der Waals surface area contributed by atoms with E-state index in [4.69, 9.17) is 23.3 Å². The molecule has 1 aromatic heterocycles. The molecule has 0 spiro atoms. The van der Waals surface area contributed by atoms with Crippen molar-refractivity contribution < 1.29 is 0 Å². The van der Waals surface area contributed by atoms with Gasteiger partial charge < -0.3 is 11.2 Å². The molecule has 1 unspecified atom stereocenters. The van der Waals surface area contributed by atoms with Crippen LogP contribution in [0.4, 0.5) is 5.00 Å². The fourth-order valence-electron chi connectivity index (χ4n) is 3.31. The molecule has 0 saturated heterocycles. The van der Waals surface area contributed by atoms with Crippen LogP contribution in [0.3, 0.4) is 0 Å². The molecule has 6 N–H and O–H groups in total. The summed E-state index contributed by atoms with van der Waals surface area (Å²) >= 11 is 8.25. The number of hydrogen-bond acceptors (Lipinski definition) is 7. The third kappa shape index (κ3) is 3.59. The number of hydrazine groups is 1. The number of hydrazone groups is 1. The molecule has 3 rings (SSSR count). The number of thiophene rings is 1. The Morgan fingerprint density at radius 2 is 2.20 bits per heavy atom. The molecule has 1 aliphatic heterocycles. The highest BCUT2D eigenvalue weighted by Gasteiger charge is 2.32. The molecule has 0 aromatic carbocycles. The first-order valence-corrected chi connectivity index (χ1v) is 9.44. The summed E-state index contributed by atoms with van der Waals surface area (Å²) in [4.78, 5) is 1.47. The Labute approximate surface area is 156 Å². The van der Waals surface area contributed by atoms with Gasteiger partial charge in [-0.25, -0.2) is 5.84 Å². The molecule has 0 radical (unpaired) electrons. The SMILES string of the molecule is C=C/C(=C(Cl)\C=C\C=NN)N(N)C1NCNc2sc3c(c21)CCCC3. The zero-order valence-corrected chi connectivity index (χ0v) is 15.5. The van der Waals surface area contributed by atoms with Crippen LogP contribution in [0.5, 0.6) is 0 Å². The van der Waals surface area contributed by atoms with Crippen LogP contribution in [0.2, 0.25) is 0 Å². The minimum absolute atomic E-state index is 0.146. The summed E-state index contributed by atoms with van der Waals surface area (Å²) in [7, 11) is 0. The summed E-state index contributed by atoms with van der Waals surface area (Å²) in [5.41, 5.74) is 3.31. The molecule has 0 amide bonds. The van der Waals surface area contributed by atoms with Gasteiger partial charge in [-0.15, -0.1) is 11.3 Å². The Morgan fingerprint density at radius 3 is 2.96 bits per heavy atom. The summed E-state index contributed by atoms with van der Waals surface area (Å²) < 4.78 is 0. The van der Waals surface area contributed by atoms with Crippen molar-refractivity contribution in [3.63, 3.8) is 0 Å². The number of halogens is 1. The normalized spacial score (nSPS) is 20.8. The fraction of sp³-hybridized carbons (Fsp3) is 0.353. The van der Waals surface area contributed by atoms with Crippen LogP contribution in [0.15, 0.2) is 40.6 Å². The molecule has 1 aromatic rings. The minimum Gasteiger partial charge on any atom is -0.364 e. The Morgan fingerprint density at radius 1 is 1.40 bits per heavy atom. The van der Waals surface area contributed by atoms with Crippen LogP contribution in [0.25, 0.3) is 0 Å². The first-order chi connectivity index (χ1) is 12.2. The van der Waals surface area contributed by atoms with E-state index in [0.717, 1.165) is 12.8 Å². The second kappa shape index (κ2) is 8.05. The maximum atomic E-state index is 6.46. The molecule has 8 heteroatoms. The molecule has 6 nitrogen and oxygen atoms in total. The van der Waals surface area contributed by atoms with Gasteiger partial charge in [-0.3, -0.25) is 10.3 Å². The van der Waals surface area contributed by atoms with E-state index in [1.807, 2.05) is 11.3 Å². The number of fused-ring (bicyclic) bond motifs is 3. The smallest absolute Gasteiger partial charge is 0.125 e. The number of hydrogen-bond donors (Lipinski definition) is 4. The predicted octanol–water partition coefficient (Wildman–Crippen LogP) is 2.91. The molecule has 0 fully saturated rings. The van der Waals surface area contributed by atoms with E-state index in [0.29, 0.717) is 17.4 Å². The van der Waals surface area contributed by atoms with Gasteiger partial charge in [0.25, 0.3) is 0 Å². The van der Waals surface area contributed by atoms with Crippen LogP contribution < -0.4 is 22.3 Å². The lowest BCUT2D eigenvalue weighted by molar-refractivity contribution is 0.225. The number of anilines is 1. The van der Waals surface area contributed by atoms with Crippen LogP contribution in [-0.4, -0.2) is 17.9 Å². The molecule has 0 saturated carbocycles. The number of nitrogens with one attached hydrogen (secondary N) is 2. The van der Waals surface area contributed by atoms with Gasteiger partial charge in [0.15, 0.2) is 0 Å². The summed E-state index contributed by atoms with van der Waals surface area (Å²) in [6, 6.07) is 0. The van der Waals surface area contributed by atoms with E-state index in [2.05, 4.69) is 22.3 Å². The molecule has 25 heavy (non-hydrogen) atoms. The highest BCUT2D eigenvalue weighted by molar-refractivity contribution is 7.16. The van der Waals surface area contributed by atoms with Crippen molar-refractivity contribution >= 4 is 34.2 Å². The molecule has 0 bridgehead atoms. The average molecular weight is 379 g/mol. The Kier molecular flexibility index (Phi) is 5.80. The number of aryl methyl sites for hydroxylation is 1. The topological polar surface area (TPSA) is 91.7 Å². The van der Waals surface area contributed by atoms with Gasteiger partial charge in [0, 0.05) is 16.7 Å². The standard InChI is InChI=1S/C17H23ClN6S/c1-2-13(12(18)7-5-9-23-19)24(20)16-15-11-6-3-4-8-14(11)25-17(15)22-10-21-16/h2,5,7,9,16,21-22H,1,3-4,6,8,10,19-20H2/b7-5+,13-12-,23-9?. The molecule has 1 atom stereocenters. The maximum Gasteiger partial charge on any atom is 0.125 e. The van der Waals surface area contributed by atoms with E-state index in [9.17, 15) is 0 Å². The first kappa shape index (κ1) is 18.0. The largest absolute Gasteiger partial charge is 0.364 e. The van der Waals surface area contributed by atoms with Crippen LogP contribution in [0.1, 0.15) is 35.0 Å². The van der Waals surface area contributed by atoms with E-state index < -0.39 is 0 Å². The lowest BCUT2D eigenvalue weighted by atomic mass is 9.93. The first-order valence-electron chi connectivity index (χ1n) is 8.25. The third-order valence-electron chi connectivity index (χ3n) is 4.44. The van der Waals surface area contributed by atoms with Gasteiger partial charge >= 0.3 is 0 Å². The van der Waals surface area contributed by atoms with Gasteiger partial charge in [-0.2, -0.15) is 5.10 Å². The van der Waals surface area contributed by atoms with Crippen molar-refractivity contribution in [1.29, 1.82) is 0 Å². The molecule has 2 heterocycles. The van der Waals surface area contributed by atoms with Crippen LogP contribution >= 0.6 is 22.9 Å². The number of nitrogens with zero attached hydrogens (tertiary/aromatic N) is 2. The Hall–Kier alpha value is -1.80. The van der Waals surface area contributed by atoms with Gasteiger partial charge in [-0.05, 0) is 49.5 Å². The van der Waals surface area contributed by atoms with Crippen molar-refractivity contribution in [2.24, 2.45) is 16.8 Å². The fourth-order valence-corrected chi connectivity index (χ4v) is 4.87. The minimum atomic E-state index is -0.146. The molecule has 134 valence electrons. The van der Waals surface area contributed by atoms with Crippen LogP contribution in [-0.2, 0) is 12.8 Å². The van der Waals surface area contributed by atoms with E-state index in [1.165, 1.54) is 40.1 Å². The average Bonchev–Trinajstić information content (AvgIpc) is 3.01. The molecule has 1 aliphatic carbocycles. The molecular formula is C17H23ClN6S. The predicted molar refractivity (Wildman–Crippen MR) is 106 cm³/mol. The zero-order chi connectivity index (χ0) is 17.8. The number of allylic oxidation sites excluding steroid dienone is 4. The summed E-state index contributed by atoms with van der Waals surface area (Å²) in [5, 5.41) is 13.6. The highest BCUT2D eigenvalue weighted by Crippen LogP contribution is 2.43. The van der Waals surface area contributed by atoms with E-state index in [-0.39, 0.29) is 6.17 Å². The third-order valence-corrected chi connectivity index (χ3v) is 6.02. The monoisotopic (exact) mass is 378 g/mol. The zero-order valence-electron chi connectivity index (χ0n) is 14.0. The van der Waals surface area contributed by atoms with Crippen molar-refractivity contribution in [1.82, 2.24) is 10.3 Å². The Balaban J connectivity index is 1.96. The Bertz CT molecular complexity index is 736. The summed E-state index contributed by atoms with van der Waals surface area (Å²) in [6.45, 7) is 4.52. The number of nitrogens with two attached hydrogens (primary N) is 2. The van der Waals surface area contributed by atoms with Crippen molar-refractivity contribution in [2.45, 2.75) is 31.8 Å². The lowest BCUT2D eigenvalue weighted by Crippen LogP contribution is -2.46. The van der Waals surface area contributed by atoms with Crippen molar-refractivity contribution in [2.75, 3.05) is 12.0 Å². The number of rotatable bonds is 5. The van der Waals surface area contributed by atoms with E-state index >= 15 is 0 Å². The van der Waals surface area contributed by atoms with Crippen LogP contribution in [0, 0.1) is 0 Å². The van der Waals surface area contributed by atoms with Gasteiger partial charge in [-0.1, -0.05) is 18.2 Å². The summed E-state index contributed by atoms with van der Waals surface area (Å²) in [6.07, 6.45) is 11.1. The lowest BCUT2D eigenvalue weighted by Gasteiger charge is -2.35. The second-order valence-electron chi connectivity index (χ2n) is 5.92. The quantitative estimate of drug-likeness (QED) is 0.273.